The Morgan fingerprint density at radius 2 is 1.69 bits per heavy atom. The maximum absolute atomic E-state index is 12.8. The first-order chi connectivity index (χ1) is 12.2. The van der Waals surface area contributed by atoms with Crippen LogP contribution in [0.25, 0.3) is 5.57 Å². The van der Waals surface area contributed by atoms with Gasteiger partial charge in [-0.25, -0.2) is 0 Å². The quantitative estimate of drug-likeness (QED) is 0.457. The third-order valence-corrected chi connectivity index (χ3v) is 5.04. The van der Waals surface area contributed by atoms with Gasteiger partial charge in [-0.2, -0.15) is 8.42 Å². The van der Waals surface area contributed by atoms with Crippen LogP contribution in [0.4, 0.5) is 0 Å². The molecule has 0 atom stereocenters. The molecule has 0 spiro atoms. The summed E-state index contributed by atoms with van der Waals surface area (Å²) in [4.78, 5) is 1.82. The first kappa shape index (κ1) is 19.7. The number of methoxy groups -OCH3 is 1. The molecule has 0 aromatic heterocycles. The van der Waals surface area contributed by atoms with Crippen LogP contribution >= 0.6 is 0 Å². The van der Waals surface area contributed by atoms with Gasteiger partial charge in [-0.1, -0.05) is 47.5 Å². The average Bonchev–Trinajstić information content (AvgIpc) is 2.58. The van der Waals surface area contributed by atoms with E-state index in [0.717, 1.165) is 16.7 Å². The smallest absolute Gasteiger partial charge is 0.284 e. The van der Waals surface area contributed by atoms with Gasteiger partial charge in [0.25, 0.3) is 10.0 Å². The van der Waals surface area contributed by atoms with Crippen molar-refractivity contribution in [2.24, 2.45) is 4.40 Å². The van der Waals surface area contributed by atoms with Crippen LogP contribution in [-0.2, 0) is 14.8 Å². The van der Waals surface area contributed by atoms with Gasteiger partial charge in [-0.15, -0.1) is 4.40 Å². The van der Waals surface area contributed by atoms with Crippen molar-refractivity contribution in [3.63, 3.8) is 0 Å². The van der Waals surface area contributed by atoms with E-state index in [0.29, 0.717) is 11.4 Å². The molecule has 0 bridgehead atoms. The Labute approximate surface area is 155 Å². The summed E-state index contributed by atoms with van der Waals surface area (Å²) in [6.07, 6.45) is 1.51. The molecule has 2 rings (SSSR count). The Bertz CT molecular complexity index is 928. The van der Waals surface area contributed by atoms with Crippen molar-refractivity contribution in [3.05, 3.63) is 71.5 Å². The van der Waals surface area contributed by atoms with Crippen molar-refractivity contribution in [2.75, 3.05) is 21.2 Å². The van der Waals surface area contributed by atoms with Crippen LogP contribution in [0.1, 0.15) is 16.7 Å². The van der Waals surface area contributed by atoms with Crippen LogP contribution in [-0.4, -0.2) is 40.4 Å². The highest BCUT2D eigenvalue weighted by molar-refractivity contribution is 7.90. The summed E-state index contributed by atoms with van der Waals surface area (Å²) in [5.74, 6) is 0.304. The molecule has 0 aliphatic heterocycles. The Hall–Kier alpha value is -2.60. The Balaban J connectivity index is 2.60. The standard InChI is InChI=1S/C20H24N2O3S/c1-15-9-11-18(12-10-15)26(23,24)21-20(22(3)4)19(14-25-5)17-8-6-7-16(2)13-17/h6-14H,1-5H3/b19-14+,21-20+. The molecule has 0 aliphatic carbocycles. The van der Waals surface area contributed by atoms with Gasteiger partial charge in [0.1, 0.15) is 0 Å². The molecule has 26 heavy (non-hydrogen) atoms. The molecule has 0 saturated carbocycles. The third-order valence-electron chi connectivity index (χ3n) is 3.75. The molecule has 5 nitrogen and oxygen atoms in total. The number of hydrogen-bond acceptors (Lipinski definition) is 3. The Morgan fingerprint density at radius 1 is 1.04 bits per heavy atom. The fraction of sp³-hybridized carbons (Fsp3) is 0.250. The van der Waals surface area contributed by atoms with Crippen molar-refractivity contribution in [1.82, 2.24) is 4.90 Å². The highest BCUT2D eigenvalue weighted by atomic mass is 32.2. The maximum Gasteiger partial charge on any atom is 0.284 e. The molecule has 138 valence electrons. The SMILES string of the molecule is CO/C=C(/C(=N\S(=O)(=O)c1ccc(C)cc1)N(C)C)c1cccc(C)c1. The van der Waals surface area contributed by atoms with Gasteiger partial charge in [-0.3, -0.25) is 0 Å². The maximum atomic E-state index is 12.8. The van der Waals surface area contributed by atoms with E-state index in [9.17, 15) is 8.42 Å². The van der Waals surface area contributed by atoms with Crippen LogP contribution in [0.15, 0.2) is 64.1 Å². The first-order valence-electron chi connectivity index (χ1n) is 8.14. The van der Waals surface area contributed by atoms with Crippen LogP contribution in [0.2, 0.25) is 0 Å². The van der Waals surface area contributed by atoms with Gasteiger partial charge >= 0.3 is 0 Å². The van der Waals surface area contributed by atoms with Crippen molar-refractivity contribution in [1.29, 1.82) is 0 Å². The van der Waals surface area contributed by atoms with Crippen LogP contribution in [0.3, 0.4) is 0 Å². The van der Waals surface area contributed by atoms with E-state index in [-0.39, 0.29) is 4.90 Å². The highest BCUT2D eigenvalue weighted by Crippen LogP contribution is 2.22. The molecule has 2 aromatic carbocycles. The second-order valence-electron chi connectivity index (χ2n) is 6.23. The molecule has 0 N–H and O–H groups in total. The third kappa shape index (κ3) is 4.73. The van der Waals surface area contributed by atoms with Gasteiger partial charge in [0, 0.05) is 14.1 Å². The largest absolute Gasteiger partial charge is 0.504 e. The molecule has 0 saturated heterocycles. The molecular formula is C20H24N2O3S. The van der Waals surface area contributed by atoms with Crippen molar-refractivity contribution >= 4 is 21.4 Å². The summed E-state index contributed by atoms with van der Waals surface area (Å²) in [7, 11) is 1.18. The van der Waals surface area contributed by atoms with Gasteiger partial charge in [-0.05, 0) is 31.5 Å². The first-order valence-corrected chi connectivity index (χ1v) is 9.58. The highest BCUT2D eigenvalue weighted by Gasteiger charge is 2.20. The Kier molecular flexibility index (Phi) is 6.21. The minimum atomic E-state index is -3.85. The van der Waals surface area contributed by atoms with Gasteiger partial charge in [0.15, 0.2) is 5.84 Å². The average molecular weight is 372 g/mol. The fourth-order valence-corrected chi connectivity index (χ4v) is 3.50. The lowest BCUT2D eigenvalue weighted by Gasteiger charge is -2.19. The van der Waals surface area contributed by atoms with Gasteiger partial charge in [0.05, 0.1) is 23.8 Å². The van der Waals surface area contributed by atoms with E-state index in [4.69, 9.17) is 4.74 Å². The fourth-order valence-electron chi connectivity index (χ4n) is 2.43. The summed E-state index contributed by atoms with van der Waals surface area (Å²) >= 11 is 0. The summed E-state index contributed by atoms with van der Waals surface area (Å²) < 4.78 is 34.9. The zero-order valence-electron chi connectivity index (χ0n) is 15.7. The van der Waals surface area contributed by atoms with E-state index in [2.05, 4.69) is 4.40 Å². The molecule has 0 aliphatic rings. The molecule has 0 radical (unpaired) electrons. The molecule has 0 heterocycles. The molecule has 0 amide bonds. The summed E-state index contributed by atoms with van der Waals surface area (Å²) in [6.45, 7) is 3.88. The normalized spacial score (nSPS) is 12.8. The molecular weight excluding hydrogens is 348 g/mol. The minimum absolute atomic E-state index is 0.156. The number of amidine groups is 1. The summed E-state index contributed by atoms with van der Waals surface area (Å²) in [6, 6.07) is 14.4. The van der Waals surface area contributed by atoms with E-state index >= 15 is 0 Å². The number of nitrogens with zero attached hydrogens (tertiary/aromatic N) is 2. The number of aryl methyl sites for hydroxylation is 2. The minimum Gasteiger partial charge on any atom is -0.504 e. The monoisotopic (exact) mass is 372 g/mol. The number of hydrogen-bond donors (Lipinski definition) is 0. The van der Waals surface area contributed by atoms with E-state index in [1.54, 1.807) is 43.3 Å². The molecule has 0 unspecified atom stereocenters. The lowest BCUT2D eigenvalue weighted by atomic mass is 10.0. The number of rotatable bonds is 5. The van der Waals surface area contributed by atoms with Crippen molar-refractivity contribution < 1.29 is 13.2 Å². The zero-order valence-corrected chi connectivity index (χ0v) is 16.5. The van der Waals surface area contributed by atoms with Crippen molar-refractivity contribution in [2.45, 2.75) is 18.7 Å². The molecule has 2 aromatic rings. The number of ether oxygens (including phenoxy) is 1. The molecule has 6 heteroatoms. The zero-order chi connectivity index (χ0) is 19.3. The Morgan fingerprint density at radius 3 is 2.23 bits per heavy atom. The van der Waals surface area contributed by atoms with E-state index < -0.39 is 10.0 Å². The lowest BCUT2D eigenvalue weighted by molar-refractivity contribution is 0.340. The van der Waals surface area contributed by atoms with Crippen LogP contribution in [0, 0.1) is 13.8 Å². The summed E-state index contributed by atoms with van der Waals surface area (Å²) in [5, 5.41) is 0. The second kappa shape index (κ2) is 8.19. The second-order valence-corrected chi connectivity index (χ2v) is 7.84. The van der Waals surface area contributed by atoms with Crippen LogP contribution < -0.4 is 0 Å². The summed E-state index contributed by atoms with van der Waals surface area (Å²) in [5.41, 5.74) is 3.47. The number of likely N-dealkylation sites (N-methyl/N-ethyl adjacent to an activating group) is 1. The number of sulfonamides is 1. The number of benzene rings is 2. The van der Waals surface area contributed by atoms with E-state index in [1.807, 2.05) is 38.1 Å². The van der Waals surface area contributed by atoms with E-state index in [1.165, 1.54) is 13.4 Å². The predicted molar refractivity (Wildman–Crippen MR) is 106 cm³/mol. The van der Waals surface area contributed by atoms with Gasteiger partial charge < -0.3 is 9.64 Å². The topological polar surface area (TPSA) is 59.0 Å². The van der Waals surface area contributed by atoms with Crippen molar-refractivity contribution in [3.8, 4) is 0 Å². The van der Waals surface area contributed by atoms with Gasteiger partial charge in [0.2, 0.25) is 0 Å². The lowest BCUT2D eigenvalue weighted by Crippen LogP contribution is -2.25. The van der Waals surface area contributed by atoms with Crippen LogP contribution in [0.5, 0.6) is 0 Å². The predicted octanol–water partition coefficient (Wildman–Crippen LogP) is 3.64. The molecule has 0 fully saturated rings.